The molecule has 132 valence electrons. The van der Waals surface area contributed by atoms with Crippen LogP contribution in [-0.4, -0.2) is 67.9 Å². The number of amides is 1. The normalized spacial score (nSPS) is 15.9. The predicted octanol–water partition coefficient (Wildman–Crippen LogP) is 0.945. The van der Waals surface area contributed by atoms with Crippen molar-refractivity contribution in [3.05, 3.63) is 23.8 Å². The summed E-state index contributed by atoms with van der Waals surface area (Å²) in [5.41, 5.74) is 6.75. The number of nitrogens with one attached hydrogen (secondary N) is 2. The lowest BCUT2D eigenvalue weighted by Crippen LogP contribution is -2.47. The molecular formula is C17H27N5O2. The zero-order valence-electron chi connectivity index (χ0n) is 14.5. The van der Waals surface area contributed by atoms with Crippen LogP contribution in [-0.2, 0) is 4.79 Å². The summed E-state index contributed by atoms with van der Waals surface area (Å²) in [6.07, 6.45) is 0.876. The van der Waals surface area contributed by atoms with Gasteiger partial charge < -0.3 is 20.7 Å². The number of benzene rings is 1. The topological polar surface area (TPSA) is 94.7 Å². The van der Waals surface area contributed by atoms with E-state index in [1.54, 1.807) is 18.2 Å². The number of hydrogen-bond acceptors (Lipinski definition) is 5. The molecule has 0 aliphatic carbocycles. The molecule has 0 bridgehead atoms. The number of nitrogen functional groups attached to an aromatic ring is 1. The van der Waals surface area contributed by atoms with E-state index in [1.165, 1.54) is 0 Å². The van der Waals surface area contributed by atoms with E-state index >= 15 is 0 Å². The highest BCUT2D eigenvalue weighted by Gasteiger charge is 2.17. The fraction of sp³-hybridized carbons (Fsp3) is 0.529. The number of rotatable bonds is 7. The summed E-state index contributed by atoms with van der Waals surface area (Å²) in [5.74, 6) is 0.439. The predicted molar refractivity (Wildman–Crippen MR) is 95.8 cm³/mol. The maximum Gasteiger partial charge on any atom is 0.238 e. The average Bonchev–Trinajstić information content (AvgIpc) is 2.55. The van der Waals surface area contributed by atoms with Crippen molar-refractivity contribution in [2.45, 2.75) is 13.3 Å². The van der Waals surface area contributed by atoms with E-state index in [9.17, 15) is 4.79 Å². The molecule has 1 amide bonds. The summed E-state index contributed by atoms with van der Waals surface area (Å²) in [6.45, 7) is 6.70. The molecule has 0 radical (unpaired) electrons. The van der Waals surface area contributed by atoms with Gasteiger partial charge in [-0.05, 0) is 31.7 Å². The highest BCUT2D eigenvalue weighted by molar-refractivity contribution is 6.00. The minimum atomic E-state index is -0.0729. The molecule has 1 heterocycles. The van der Waals surface area contributed by atoms with E-state index in [4.69, 9.17) is 15.9 Å². The number of nitrogens with zero attached hydrogens (tertiary/aromatic N) is 2. The van der Waals surface area contributed by atoms with E-state index < -0.39 is 0 Å². The minimum Gasteiger partial charge on any atom is -0.493 e. The lowest BCUT2D eigenvalue weighted by Gasteiger charge is -2.31. The Morgan fingerprint density at radius 1 is 1.33 bits per heavy atom. The van der Waals surface area contributed by atoms with Crippen LogP contribution in [0.25, 0.3) is 0 Å². The number of carbonyl (C=O) groups is 1. The molecule has 4 N–H and O–H groups in total. The van der Waals surface area contributed by atoms with Crippen LogP contribution < -0.4 is 15.8 Å². The second-order valence-corrected chi connectivity index (χ2v) is 6.10. The lowest BCUT2D eigenvalue weighted by molar-refractivity contribution is -0.117. The maximum atomic E-state index is 12.2. The second-order valence-electron chi connectivity index (χ2n) is 6.10. The van der Waals surface area contributed by atoms with E-state index in [0.717, 1.165) is 32.6 Å². The van der Waals surface area contributed by atoms with Gasteiger partial charge in [0.2, 0.25) is 5.91 Å². The second kappa shape index (κ2) is 8.65. The van der Waals surface area contributed by atoms with Crippen molar-refractivity contribution in [3.8, 4) is 5.75 Å². The van der Waals surface area contributed by atoms with Gasteiger partial charge >= 0.3 is 0 Å². The van der Waals surface area contributed by atoms with Gasteiger partial charge in [0.25, 0.3) is 0 Å². The van der Waals surface area contributed by atoms with E-state index in [0.29, 0.717) is 30.2 Å². The molecule has 1 fully saturated rings. The van der Waals surface area contributed by atoms with Crippen LogP contribution in [0.15, 0.2) is 18.2 Å². The number of nitrogens with two attached hydrogens (primary N) is 1. The van der Waals surface area contributed by atoms with Crippen molar-refractivity contribution in [3.63, 3.8) is 0 Å². The molecule has 1 aliphatic heterocycles. The quantitative estimate of drug-likeness (QED) is 0.510. The molecule has 24 heavy (non-hydrogen) atoms. The van der Waals surface area contributed by atoms with Crippen LogP contribution in [0.2, 0.25) is 0 Å². The van der Waals surface area contributed by atoms with Gasteiger partial charge in [-0.3, -0.25) is 15.1 Å². The highest BCUT2D eigenvalue weighted by atomic mass is 16.5. The first-order valence-corrected chi connectivity index (χ1v) is 8.31. The Balaban J connectivity index is 1.97. The Hall–Kier alpha value is -2.12. The first kappa shape index (κ1) is 18.2. The molecule has 2 rings (SSSR count). The van der Waals surface area contributed by atoms with Gasteiger partial charge in [-0.15, -0.1) is 0 Å². The summed E-state index contributed by atoms with van der Waals surface area (Å²) in [7, 11) is 2.09. The molecule has 0 saturated carbocycles. The lowest BCUT2D eigenvalue weighted by atomic mass is 10.1. The SMILES string of the molecule is CCCOc1ccc(NC(=O)CN2CCN(C)CC2)cc1C(=N)N. The first-order chi connectivity index (χ1) is 11.5. The number of anilines is 1. The summed E-state index contributed by atoms with van der Waals surface area (Å²) in [5, 5.41) is 10.6. The van der Waals surface area contributed by atoms with Crippen LogP contribution in [0.5, 0.6) is 5.75 Å². The van der Waals surface area contributed by atoms with E-state index in [-0.39, 0.29) is 11.7 Å². The van der Waals surface area contributed by atoms with Crippen LogP contribution in [0.4, 0.5) is 5.69 Å². The van der Waals surface area contributed by atoms with Gasteiger partial charge in [-0.1, -0.05) is 6.92 Å². The Morgan fingerprint density at radius 2 is 2.04 bits per heavy atom. The highest BCUT2D eigenvalue weighted by Crippen LogP contribution is 2.23. The molecule has 1 aromatic rings. The summed E-state index contributed by atoms with van der Waals surface area (Å²) in [4.78, 5) is 16.6. The fourth-order valence-electron chi connectivity index (χ4n) is 2.57. The standard InChI is InChI=1S/C17H27N5O2/c1-3-10-24-15-5-4-13(11-14(15)17(18)19)20-16(23)12-22-8-6-21(2)7-9-22/h4-5,11H,3,6-10,12H2,1-2H3,(H3,18,19)(H,20,23). The van der Waals surface area contributed by atoms with Crippen molar-refractivity contribution in [2.75, 3.05) is 51.7 Å². The molecule has 0 spiro atoms. The van der Waals surface area contributed by atoms with Crippen LogP contribution >= 0.6 is 0 Å². The third-order valence-electron chi connectivity index (χ3n) is 3.98. The smallest absolute Gasteiger partial charge is 0.238 e. The Labute approximate surface area is 143 Å². The van der Waals surface area contributed by atoms with Gasteiger partial charge in [0.15, 0.2) is 0 Å². The maximum absolute atomic E-state index is 12.2. The number of ether oxygens (including phenoxy) is 1. The van der Waals surface area contributed by atoms with Gasteiger partial charge in [0, 0.05) is 31.9 Å². The van der Waals surface area contributed by atoms with Crippen molar-refractivity contribution in [1.29, 1.82) is 5.41 Å². The van der Waals surface area contributed by atoms with Crippen LogP contribution in [0.3, 0.4) is 0 Å². The van der Waals surface area contributed by atoms with E-state index in [1.807, 2.05) is 6.92 Å². The molecule has 1 saturated heterocycles. The minimum absolute atomic E-state index is 0.0590. The molecule has 0 aromatic heterocycles. The Bertz CT molecular complexity index is 582. The van der Waals surface area contributed by atoms with Crippen molar-refractivity contribution in [2.24, 2.45) is 5.73 Å². The number of amidine groups is 1. The third kappa shape index (κ3) is 5.21. The molecule has 0 unspecified atom stereocenters. The molecule has 0 atom stereocenters. The zero-order chi connectivity index (χ0) is 17.5. The summed E-state index contributed by atoms with van der Waals surface area (Å²) >= 11 is 0. The molecule has 1 aromatic carbocycles. The number of likely N-dealkylation sites (N-methyl/N-ethyl adjacent to an activating group) is 1. The largest absolute Gasteiger partial charge is 0.493 e. The molecule has 1 aliphatic rings. The average molecular weight is 333 g/mol. The monoisotopic (exact) mass is 333 g/mol. The molecule has 7 heteroatoms. The fourth-order valence-corrected chi connectivity index (χ4v) is 2.57. The van der Waals surface area contributed by atoms with Crippen LogP contribution in [0.1, 0.15) is 18.9 Å². The van der Waals surface area contributed by atoms with Crippen molar-refractivity contribution < 1.29 is 9.53 Å². The number of piperazine rings is 1. The number of hydrogen-bond donors (Lipinski definition) is 3. The van der Waals surface area contributed by atoms with Gasteiger partial charge in [-0.2, -0.15) is 0 Å². The van der Waals surface area contributed by atoms with E-state index in [2.05, 4.69) is 22.2 Å². The Morgan fingerprint density at radius 3 is 2.67 bits per heavy atom. The van der Waals surface area contributed by atoms with Crippen LogP contribution in [0, 0.1) is 5.41 Å². The molecular weight excluding hydrogens is 306 g/mol. The molecule has 7 nitrogen and oxygen atoms in total. The van der Waals surface area contributed by atoms with Crippen molar-refractivity contribution >= 4 is 17.4 Å². The van der Waals surface area contributed by atoms with Gasteiger partial charge in [-0.25, -0.2) is 0 Å². The Kier molecular flexibility index (Phi) is 6.57. The van der Waals surface area contributed by atoms with Crippen molar-refractivity contribution in [1.82, 2.24) is 9.80 Å². The van der Waals surface area contributed by atoms with Gasteiger partial charge in [0.05, 0.1) is 18.7 Å². The summed E-state index contributed by atoms with van der Waals surface area (Å²) in [6, 6.07) is 5.21. The number of carbonyl (C=O) groups excluding carboxylic acids is 1. The van der Waals surface area contributed by atoms with Gasteiger partial charge in [0.1, 0.15) is 11.6 Å². The summed E-state index contributed by atoms with van der Waals surface area (Å²) < 4.78 is 5.59. The zero-order valence-corrected chi connectivity index (χ0v) is 14.5. The first-order valence-electron chi connectivity index (χ1n) is 8.31. The third-order valence-corrected chi connectivity index (χ3v) is 3.98.